The number of oxazole rings is 1. The molecule has 11 rings (SSSR count). The number of hydrogen-bond donors (Lipinski definition) is 0. The molecule has 0 radical (unpaired) electrons. The molecule has 0 N–H and O–H groups in total. The van der Waals surface area contributed by atoms with Crippen LogP contribution in [0.3, 0.4) is 0 Å². The van der Waals surface area contributed by atoms with E-state index in [2.05, 4.69) is 121 Å². The molecule has 5 nitrogen and oxygen atoms in total. The van der Waals surface area contributed by atoms with Crippen molar-refractivity contribution in [3.05, 3.63) is 194 Å². The molecule has 0 spiro atoms. The van der Waals surface area contributed by atoms with Crippen LogP contribution in [0.2, 0.25) is 0 Å². The van der Waals surface area contributed by atoms with Gasteiger partial charge in [-0.1, -0.05) is 164 Å². The molecule has 9 aromatic carbocycles. The molecule has 11 aromatic rings. The van der Waals surface area contributed by atoms with Gasteiger partial charge in [-0.05, 0) is 74.1 Å². The molecule has 0 aliphatic rings. The van der Waals surface area contributed by atoms with Crippen molar-refractivity contribution in [2.45, 2.75) is 0 Å². The van der Waals surface area contributed by atoms with Crippen LogP contribution < -0.4 is 0 Å². The van der Waals surface area contributed by atoms with E-state index >= 15 is 0 Å². The highest BCUT2D eigenvalue weighted by Crippen LogP contribution is 2.39. The van der Waals surface area contributed by atoms with E-state index in [1.165, 1.54) is 11.1 Å². The predicted octanol–water partition coefficient (Wildman–Crippen LogP) is 13.5. The van der Waals surface area contributed by atoms with E-state index < -0.39 is 0 Å². The number of benzene rings is 9. The van der Waals surface area contributed by atoms with Crippen molar-refractivity contribution < 1.29 is 4.42 Å². The Labute approximate surface area is 328 Å². The summed E-state index contributed by atoms with van der Waals surface area (Å²) in [6, 6.07) is 67.1. The van der Waals surface area contributed by atoms with Crippen molar-refractivity contribution in [1.82, 2.24) is 19.9 Å². The largest absolute Gasteiger partial charge is 0.435 e. The monoisotopic (exact) mass is 728 g/mol. The third kappa shape index (κ3) is 5.90. The van der Waals surface area contributed by atoms with E-state index in [1.54, 1.807) is 0 Å². The lowest BCUT2D eigenvalue weighted by Gasteiger charge is -2.12. The first-order chi connectivity index (χ1) is 28.2. The van der Waals surface area contributed by atoms with Gasteiger partial charge < -0.3 is 4.42 Å². The van der Waals surface area contributed by atoms with E-state index in [0.29, 0.717) is 23.4 Å². The maximum absolute atomic E-state index is 6.59. The Morgan fingerprint density at radius 2 is 0.754 bits per heavy atom. The molecule has 0 unspecified atom stereocenters. The van der Waals surface area contributed by atoms with Gasteiger partial charge in [-0.2, -0.15) is 0 Å². The number of fused-ring (bicyclic) bond motifs is 7. The smallest absolute Gasteiger partial charge is 0.227 e. The van der Waals surface area contributed by atoms with Crippen LogP contribution in [0.15, 0.2) is 199 Å². The Morgan fingerprint density at radius 1 is 0.298 bits per heavy atom. The first kappa shape index (κ1) is 32.7. The van der Waals surface area contributed by atoms with Crippen molar-refractivity contribution in [1.29, 1.82) is 0 Å². The summed E-state index contributed by atoms with van der Waals surface area (Å²) in [6.45, 7) is 0. The lowest BCUT2D eigenvalue weighted by molar-refractivity contribution is 0.623. The first-order valence-corrected chi connectivity index (χ1v) is 19.0. The van der Waals surface area contributed by atoms with E-state index in [4.69, 9.17) is 24.4 Å². The van der Waals surface area contributed by atoms with Crippen LogP contribution in [0.25, 0.3) is 111 Å². The summed E-state index contributed by atoms with van der Waals surface area (Å²) in [7, 11) is 0. The molecular weight excluding hydrogens is 697 g/mol. The fraction of sp³-hybridized carbons (Fsp3) is 0. The van der Waals surface area contributed by atoms with Gasteiger partial charge in [0, 0.05) is 33.0 Å². The summed E-state index contributed by atoms with van der Waals surface area (Å²) in [5, 5.41) is 6.56. The van der Waals surface area contributed by atoms with Gasteiger partial charge in [0.05, 0.1) is 0 Å². The average molecular weight is 729 g/mol. The minimum Gasteiger partial charge on any atom is -0.435 e. The molecule has 266 valence electrons. The van der Waals surface area contributed by atoms with Crippen molar-refractivity contribution in [2.24, 2.45) is 0 Å². The molecule has 0 atom stereocenters. The Hall–Kier alpha value is -7.76. The van der Waals surface area contributed by atoms with Crippen LogP contribution in [-0.4, -0.2) is 19.9 Å². The van der Waals surface area contributed by atoms with Gasteiger partial charge in [0.2, 0.25) is 5.89 Å². The molecule has 0 aliphatic carbocycles. The highest BCUT2D eigenvalue weighted by Gasteiger charge is 2.17. The van der Waals surface area contributed by atoms with E-state index in [9.17, 15) is 0 Å². The van der Waals surface area contributed by atoms with Crippen LogP contribution in [0, 0.1) is 0 Å². The summed E-state index contributed by atoms with van der Waals surface area (Å²) >= 11 is 0. The molecule has 0 aliphatic heterocycles. The molecule has 0 bridgehead atoms. The van der Waals surface area contributed by atoms with Gasteiger partial charge in [-0.3, -0.25) is 0 Å². The Balaban J connectivity index is 1.05. The van der Waals surface area contributed by atoms with Gasteiger partial charge in [0.1, 0.15) is 5.52 Å². The number of rotatable bonds is 6. The normalized spacial score (nSPS) is 11.5. The molecule has 0 amide bonds. The maximum atomic E-state index is 6.59. The lowest BCUT2D eigenvalue weighted by Crippen LogP contribution is -2.00. The van der Waals surface area contributed by atoms with Crippen molar-refractivity contribution in [2.75, 3.05) is 0 Å². The maximum Gasteiger partial charge on any atom is 0.227 e. The Morgan fingerprint density at radius 3 is 1.42 bits per heavy atom. The van der Waals surface area contributed by atoms with Crippen LogP contribution in [0.4, 0.5) is 0 Å². The van der Waals surface area contributed by atoms with Crippen LogP contribution in [0.5, 0.6) is 0 Å². The topological polar surface area (TPSA) is 64.7 Å². The third-order valence-corrected chi connectivity index (χ3v) is 10.7. The third-order valence-electron chi connectivity index (χ3n) is 10.7. The first-order valence-electron chi connectivity index (χ1n) is 19.0. The van der Waals surface area contributed by atoms with Gasteiger partial charge >= 0.3 is 0 Å². The predicted molar refractivity (Wildman–Crippen MR) is 233 cm³/mol. The molecular formula is C52H32N4O. The summed E-state index contributed by atoms with van der Waals surface area (Å²) in [6.07, 6.45) is 0. The summed E-state index contributed by atoms with van der Waals surface area (Å²) in [5.74, 6) is 2.45. The van der Waals surface area contributed by atoms with Crippen molar-refractivity contribution in [3.63, 3.8) is 0 Å². The van der Waals surface area contributed by atoms with Crippen LogP contribution in [-0.2, 0) is 0 Å². The number of hydrogen-bond acceptors (Lipinski definition) is 5. The molecule has 2 heterocycles. The van der Waals surface area contributed by atoms with E-state index in [1.807, 2.05) is 72.8 Å². The molecule has 0 fully saturated rings. The van der Waals surface area contributed by atoms with E-state index in [0.717, 1.165) is 76.8 Å². The molecule has 2 aromatic heterocycles. The molecule has 57 heavy (non-hydrogen) atoms. The average Bonchev–Trinajstić information content (AvgIpc) is 3.74. The SMILES string of the molecule is c1ccc(-c2cccc(-c3ccc(-c4nc(-c5ccccc5)nc(-c5ccc6ccc7ccc8ccc9nc(-c%10ccccc%10)oc9c8c7c6c5)n4)cc3)c2)cc1. The van der Waals surface area contributed by atoms with Gasteiger partial charge in [0.25, 0.3) is 0 Å². The van der Waals surface area contributed by atoms with Gasteiger partial charge in [-0.15, -0.1) is 0 Å². The fourth-order valence-electron chi connectivity index (χ4n) is 7.85. The Bertz CT molecular complexity index is 3260. The second-order valence-corrected chi connectivity index (χ2v) is 14.3. The zero-order valence-electron chi connectivity index (χ0n) is 30.7. The Kier molecular flexibility index (Phi) is 7.74. The van der Waals surface area contributed by atoms with Gasteiger partial charge in [-0.25, -0.2) is 19.9 Å². The highest BCUT2D eigenvalue weighted by molar-refractivity contribution is 6.26. The summed E-state index contributed by atoms with van der Waals surface area (Å²) in [4.78, 5) is 20.2. The van der Waals surface area contributed by atoms with Crippen molar-refractivity contribution in [3.8, 4) is 67.9 Å². The number of nitrogens with zero attached hydrogens (tertiary/aromatic N) is 4. The minimum absolute atomic E-state index is 0.605. The highest BCUT2D eigenvalue weighted by atomic mass is 16.3. The molecule has 0 saturated carbocycles. The minimum atomic E-state index is 0.605. The summed E-state index contributed by atoms with van der Waals surface area (Å²) in [5.41, 5.74) is 9.95. The molecule has 0 saturated heterocycles. The zero-order valence-corrected chi connectivity index (χ0v) is 30.7. The second kappa shape index (κ2) is 13.5. The van der Waals surface area contributed by atoms with Crippen LogP contribution >= 0.6 is 0 Å². The quantitative estimate of drug-likeness (QED) is 0.160. The van der Waals surface area contributed by atoms with E-state index in [-0.39, 0.29) is 0 Å². The zero-order chi connectivity index (χ0) is 37.7. The van der Waals surface area contributed by atoms with Gasteiger partial charge in [0.15, 0.2) is 23.1 Å². The summed E-state index contributed by atoms with van der Waals surface area (Å²) < 4.78 is 6.59. The van der Waals surface area contributed by atoms with Crippen LogP contribution in [0.1, 0.15) is 0 Å². The molecule has 5 heteroatoms. The fourth-order valence-corrected chi connectivity index (χ4v) is 7.85. The second-order valence-electron chi connectivity index (χ2n) is 14.3. The standard InChI is InChI=1S/C52H32N4O/c1-4-11-33(12-5-1)41-17-10-18-42(31-41)34-19-26-39(27-20-34)50-54-49(38-13-6-2-7-14-38)55-51(56-50)43-28-22-35-21-23-36-24-25-37-29-30-45-48(47(37)46(36)44(35)32-43)57-52(53-45)40-15-8-3-9-16-40/h1-32H. The van der Waals surface area contributed by atoms with Crippen molar-refractivity contribution >= 4 is 43.4 Å². The lowest BCUT2D eigenvalue weighted by atomic mass is 9.94. The number of aromatic nitrogens is 4.